The molecule has 0 spiro atoms. The second kappa shape index (κ2) is 10.6. The van der Waals surface area contributed by atoms with Gasteiger partial charge in [-0.3, -0.25) is 4.79 Å². The number of hydrogen-bond donors (Lipinski definition) is 2. The number of imidazole rings is 1. The Morgan fingerprint density at radius 1 is 1.12 bits per heavy atom. The lowest BCUT2D eigenvalue weighted by molar-refractivity contribution is -0.143. The number of carbonyl (C=O) groups is 1. The van der Waals surface area contributed by atoms with Crippen molar-refractivity contribution in [3.05, 3.63) is 95.5 Å². The van der Waals surface area contributed by atoms with E-state index in [9.17, 15) is 14.3 Å². The van der Waals surface area contributed by atoms with Crippen molar-refractivity contribution in [2.45, 2.75) is 25.7 Å². The number of aromatic amines is 1. The average molecular weight is 462 g/mol. The number of halogens is 1. The van der Waals surface area contributed by atoms with Crippen LogP contribution in [-0.2, 0) is 16.0 Å². The second-order valence-electron chi connectivity index (χ2n) is 7.47. The van der Waals surface area contributed by atoms with Crippen LogP contribution in [-0.4, -0.2) is 37.6 Å². The molecule has 0 amide bonds. The third kappa shape index (κ3) is 5.74. The molecule has 2 aromatic carbocycles. The predicted octanol–water partition coefficient (Wildman–Crippen LogP) is 4.51. The number of nitrogens with zero attached hydrogens (tertiary/aromatic N) is 3. The molecule has 4 aromatic rings. The Labute approximate surface area is 195 Å². The van der Waals surface area contributed by atoms with E-state index in [-0.39, 0.29) is 36.7 Å². The van der Waals surface area contributed by atoms with Crippen LogP contribution in [0.25, 0.3) is 0 Å². The molecule has 0 saturated heterocycles. The Balaban J connectivity index is 1.61. The monoisotopic (exact) mass is 462 g/mol. The molecule has 0 radical (unpaired) electrons. The summed E-state index contributed by atoms with van der Waals surface area (Å²) in [6, 6.07) is 15.1. The summed E-state index contributed by atoms with van der Waals surface area (Å²) in [6.45, 7) is 2.00. The Bertz CT molecular complexity index is 1260. The summed E-state index contributed by atoms with van der Waals surface area (Å²) in [5.74, 6) is -0.200. The number of benzene rings is 2. The smallest absolute Gasteiger partial charge is 0.322 e. The molecule has 2 heterocycles. The standard InChI is InChI=1S/C25H23FN4O4/c1-2-33-24(32)14-19(16-7-9-18(26)10-8-16)20-11-12-27-25(29-20)34-21-6-4-3-5-17(21)13-22-28-15-23(31)30-22/h3-12,15,19,31H,2,13-14H2,1H3,(H,28,30). The van der Waals surface area contributed by atoms with Gasteiger partial charge in [-0.25, -0.2) is 9.37 Å². The molecule has 2 N–H and O–H groups in total. The van der Waals surface area contributed by atoms with Crippen molar-refractivity contribution >= 4 is 5.97 Å². The molecule has 1 unspecified atom stereocenters. The lowest BCUT2D eigenvalue weighted by Crippen LogP contribution is -2.13. The van der Waals surface area contributed by atoms with Gasteiger partial charge in [0.15, 0.2) is 0 Å². The molecule has 0 aliphatic carbocycles. The van der Waals surface area contributed by atoms with Crippen molar-refractivity contribution in [3.8, 4) is 17.6 Å². The van der Waals surface area contributed by atoms with Crippen LogP contribution in [0.5, 0.6) is 17.6 Å². The number of nitrogens with one attached hydrogen (secondary N) is 1. The zero-order chi connectivity index (χ0) is 23.9. The summed E-state index contributed by atoms with van der Waals surface area (Å²) in [7, 11) is 0. The molecule has 0 aliphatic rings. The quantitative estimate of drug-likeness (QED) is 0.352. The van der Waals surface area contributed by atoms with Gasteiger partial charge in [-0.2, -0.15) is 9.97 Å². The number of carbonyl (C=O) groups excluding carboxylic acids is 1. The van der Waals surface area contributed by atoms with E-state index in [4.69, 9.17) is 9.47 Å². The Morgan fingerprint density at radius 3 is 2.65 bits per heavy atom. The van der Waals surface area contributed by atoms with Crippen LogP contribution in [0.3, 0.4) is 0 Å². The number of hydrogen-bond acceptors (Lipinski definition) is 7. The molecule has 174 valence electrons. The number of aromatic nitrogens is 4. The highest BCUT2D eigenvalue weighted by molar-refractivity contribution is 5.71. The van der Waals surface area contributed by atoms with Crippen molar-refractivity contribution in [1.29, 1.82) is 0 Å². The Morgan fingerprint density at radius 2 is 1.91 bits per heavy atom. The Hall–Kier alpha value is -4.27. The van der Waals surface area contributed by atoms with E-state index in [1.54, 1.807) is 37.4 Å². The number of para-hydroxylation sites is 1. The third-order valence-corrected chi connectivity index (χ3v) is 5.11. The number of esters is 1. The van der Waals surface area contributed by atoms with Gasteiger partial charge in [0.25, 0.3) is 0 Å². The van der Waals surface area contributed by atoms with Crippen LogP contribution in [0, 0.1) is 5.82 Å². The van der Waals surface area contributed by atoms with Crippen LogP contribution in [0.2, 0.25) is 0 Å². The highest BCUT2D eigenvalue weighted by Crippen LogP contribution is 2.30. The molecule has 8 nitrogen and oxygen atoms in total. The van der Waals surface area contributed by atoms with Gasteiger partial charge in [0.1, 0.15) is 17.4 Å². The van der Waals surface area contributed by atoms with Crippen molar-refractivity contribution in [2.24, 2.45) is 0 Å². The van der Waals surface area contributed by atoms with Gasteiger partial charge in [0, 0.05) is 24.1 Å². The summed E-state index contributed by atoms with van der Waals surface area (Å²) in [4.78, 5) is 27.9. The van der Waals surface area contributed by atoms with Crippen LogP contribution in [0.4, 0.5) is 4.39 Å². The summed E-state index contributed by atoms with van der Waals surface area (Å²) >= 11 is 0. The maximum Gasteiger partial charge on any atom is 0.322 e. The van der Waals surface area contributed by atoms with E-state index < -0.39 is 5.92 Å². The number of H-pyrrole nitrogens is 1. The topological polar surface area (TPSA) is 110 Å². The molecular formula is C25H23FN4O4. The van der Waals surface area contributed by atoms with Crippen LogP contribution in [0.15, 0.2) is 67.0 Å². The van der Waals surface area contributed by atoms with E-state index in [0.29, 0.717) is 23.7 Å². The van der Waals surface area contributed by atoms with E-state index in [1.807, 2.05) is 18.2 Å². The lowest BCUT2D eigenvalue weighted by Gasteiger charge is -2.17. The number of aromatic hydroxyl groups is 1. The van der Waals surface area contributed by atoms with Gasteiger partial charge >= 0.3 is 12.0 Å². The minimum absolute atomic E-state index is 0.0362. The third-order valence-electron chi connectivity index (χ3n) is 5.11. The van der Waals surface area contributed by atoms with Gasteiger partial charge < -0.3 is 19.6 Å². The summed E-state index contributed by atoms with van der Waals surface area (Å²) in [5.41, 5.74) is 2.07. The fourth-order valence-corrected chi connectivity index (χ4v) is 3.54. The minimum Gasteiger partial charge on any atom is -0.492 e. The van der Waals surface area contributed by atoms with Crippen molar-refractivity contribution < 1.29 is 23.8 Å². The molecule has 2 aromatic heterocycles. The van der Waals surface area contributed by atoms with Gasteiger partial charge in [0.2, 0.25) is 5.88 Å². The van der Waals surface area contributed by atoms with E-state index >= 15 is 0 Å². The van der Waals surface area contributed by atoms with E-state index in [2.05, 4.69) is 19.9 Å². The van der Waals surface area contributed by atoms with Gasteiger partial charge in [-0.05, 0) is 36.8 Å². The summed E-state index contributed by atoms with van der Waals surface area (Å²) < 4.78 is 24.6. The van der Waals surface area contributed by atoms with Crippen LogP contribution < -0.4 is 4.74 Å². The second-order valence-corrected chi connectivity index (χ2v) is 7.47. The van der Waals surface area contributed by atoms with E-state index in [1.165, 1.54) is 18.3 Å². The number of ether oxygens (including phenoxy) is 2. The van der Waals surface area contributed by atoms with Gasteiger partial charge in [0.05, 0.1) is 24.9 Å². The summed E-state index contributed by atoms with van der Waals surface area (Å²) in [5, 5.41) is 9.48. The first-order chi connectivity index (χ1) is 16.5. The lowest BCUT2D eigenvalue weighted by atomic mass is 9.92. The molecule has 1 atom stereocenters. The minimum atomic E-state index is -0.466. The predicted molar refractivity (Wildman–Crippen MR) is 121 cm³/mol. The fourth-order valence-electron chi connectivity index (χ4n) is 3.54. The maximum absolute atomic E-state index is 13.5. The Kier molecular flexibility index (Phi) is 7.12. The highest BCUT2D eigenvalue weighted by Gasteiger charge is 2.22. The molecule has 0 bridgehead atoms. The van der Waals surface area contributed by atoms with Crippen molar-refractivity contribution in [3.63, 3.8) is 0 Å². The van der Waals surface area contributed by atoms with Crippen LogP contribution in [0.1, 0.15) is 41.9 Å². The summed E-state index contributed by atoms with van der Waals surface area (Å²) in [6.07, 6.45) is 3.39. The maximum atomic E-state index is 13.5. The first-order valence-electron chi connectivity index (χ1n) is 10.7. The molecular weight excluding hydrogens is 439 g/mol. The SMILES string of the molecule is CCOC(=O)CC(c1ccc(F)cc1)c1ccnc(Oc2ccccc2Cc2nc(O)c[nH]2)n1. The fraction of sp³-hybridized carbons (Fsp3) is 0.200. The molecule has 34 heavy (non-hydrogen) atoms. The molecule has 0 fully saturated rings. The average Bonchev–Trinajstić information content (AvgIpc) is 3.24. The zero-order valence-electron chi connectivity index (χ0n) is 18.4. The van der Waals surface area contributed by atoms with E-state index in [0.717, 1.165) is 11.1 Å². The van der Waals surface area contributed by atoms with Crippen LogP contribution >= 0.6 is 0 Å². The van der Waals surface area contributed by atoms with Crippen molar-refractivity contribution in [1.82, 2.24) is 19.9 Å². The highest BCUT2D eigenvalue weighted by atomic mass is 19.1. The zero-order valence-corrected chi connectivity index (χ0v) is 18.4. The van der Waals surface area contributed by atoms with Gasteiger partial charge in [-0.1, -0.05) is 30.3 Å². The number of rotatable bonds is 9. The molecule has 4 rings (SSSR count). The normalized spacial score (nSPS) is 11.7. The first-order valence-corrected chi connectivity index (χ1v) is 10.7. The van der Waals surface area contributed by atoms with Crippen molar-refractivity contribution in [2.75, 3.05) is 6.61 Å². The van der Waals surface area contributed by atoms with Gasteiger partial charge in [-0.15, -0.1) is 0 Å². The molecule has 0 aliphatic heterocycles. The first kappa shape index (κ1) is 22.9. The molecule has 9 heteroatoms. The molecule has 0 saturated carbocycles. The largest absolute Gasteiger partial charge is 0.492 e.